The lowest BCUT2D eigenvalue weighted by Gasteiger charge is -2.08. The molecule has 1 amide bonds. The molecule has 0 saturated heterocycles. The van der Waals surface area contributed by atoms with Crippen molar-refractivity contribution in [1.29, 1.82) is 0 Å². The Morgan fingerprint density at radius 2 is 1.74 bits per heavy atom. The van der Waals surface area contributed by atoms with Crippen molar-refractivity contribution in [3.05, 3.63) is 72.2 Å². The van der Waals surface area contributed by atoms with Crippen molar-refractivity contribution in [1.82, 2.24) is 9.97 Å². The summed E-state index contributed by atoms with van der Waals surface area (Å²) in [5, 5.41) is 5.48. The van der Waals surface area contributed by atoms with Gasteiger partial charge in [0.05, 0.1) is 19.0 Å². The first-order valence-electron chi connectivity index (χ1n) is 8.13. The van der Waals surface area contributed by atoms with Crippen molar-refractivity contribution in [2.45, 2.75) is 6.92 Å². The normalized spacial score (nSPS) is 10.3. The van der Waals surface area contributed by atoms with E-state index in [4.69, 9.17) is 4.74 Å². The van der Waals surface area contributed by atoms with Gasteiger partial charge in [-0.1, -0.05) is 0 Å². The summed E-state index contributed by atoms with van der Waals surface area (Å²) in [6, 6.07) is 10.4. The van der Waals surface area contributed by atoms with Gasteiger partial charge in [0.1, 0.15) is 17.3 Å². The molecule has 3 rings (SSSR count). The fourth-order valence-electron chi connectivity index (χ4n) is 2.23. The van der Waals surface area contributed by atoms with E-state index in [-0.39, 0.29) is 11.4 Å². The molecule has 3 aromatic rings. The molecule has 0 bridgehead atoms. The first kappa shape index (κ1) is 18.2. The number of aromatic nitrogens is 2. The van der Waals surface area contributed by atoms with Gasteiger partial charge in [-0.2, -0.15) is 0 Å². The maximum Gasteiger partial charge on any atom is 0.275 e. The van der Waals surface area contributed by atoms with Crippen LogP contribution in [0.3, 0.4) is 0 Å². The molecule has 0 unspecified atom stereocenters. The maximum absolute atomic E-state index is 13.2. The van der Waals surface area contributed by atoms with Crippen LogP contribution in [0.5, 0.6) is 5.75 Å². The van der Waals surface area contributed by atoms with E-state index in [1.54, 1.807) is 0 Å². The molecule has 138 valence electrons. The number of hydrogen-bond donors (Lipinski definition) is 2. The molecule has 2 aromatic carbocycles. The second-order valence-corrected chi connectivity index (χ2v) is 5.45. The van der Waals surface area contributed by atoms with E-state index in [0.29, 0.717) is 12.4 Å². The Kier molecular flexibility index (Phi) is 5.55. The molecular formula is C19H16F2N4O2. The molecule has 0 aliphatic carbocycles. The van der Waals surface area contributed by atoms with Crippen LogP contribution in [0, 0.1) is 11.6 Å². The smallest absolute Gasteiger partial charge is 0.275 e. The number of hydrogen-bond acceptors (Lipinski definition) is 5. The minimum Gasteiger partial charge on any atom is -0.494 e. The number of anilines is 3. The van der Waals surface area contributed by atoms with Gasteiger partial charge in [0.15, 0.2) is 11.6 Å². The molecule has 2 N–H and O–H groups in total. The van der Waals surface area contributed by atoms with Crippen LogP contribution in [-0.4, -0.2) is 22.5 Å². The quantitative estimate of drug-likeness (QED) is 0.682. The third-order valence-electron chi connectivity index (χ3n) is 3.50. The number of rotatable bonds is 6. The Labute approximate surface area is 154 Å². The van der Waals surface area contributed by atoms with Crippen molar-refractivity contribution in [3.8, 4) is 5.75 Å². The van der Waals surface area contributed by atoms with Crippen molar-refractivity contribution in [2.24, 2.45) is 0 Å². The van der Waals surface area contributed by atoms with Gasteiger partial charge in [-0.25, -0.2) is 18.7 Å². The van der Waals surface area contributed by atoms with E-state index in [9.17, 15) is 13.6 Å². The maximum atomic E-state index is 13.2. The largest absolute Gasteiger partial charge is 0.494 e. The molecule has 0 atom stereocenters. The third-order valence-corrected chi connectivity index (χ3v) is 3.50. The predicted molar refractivity (Wildman–Crippen MR) is 97.2 cm³/mol. The second kappa shape index (κ2) is 8.22. The SMILES string of the molecule is CCOc1ccc(Nc2cnc(C(=O)Nc3ccc(F)c(F)c3)cn2)cc1. The average Bonchev–Trinajstić information content (AvgIpc) is 2.67. The van der Waals surface area contributed by atoms with Crippen LogP contribution in [0.4, 0.5) is 26.0 Å². The summed E-state index contributed by atoms with van der Waals surface area (Å²) in [5.41, 5.74) is 0.945. The van der Waals surface area contributed by atoms with Crippen LogP contribution in [0.1, 0.15) is 17.4 Å². The standard InChI is InChI=1S/C19H16F2N4O2/c1-2-27-14-6-3-12(4-7-14)24-18-11-22-17(10-23-18)19(26)25-13-5-8-15(20)16(21)9-13/h3-11H,2H2,1H3,(H,23,24)(H,25,26). The van der Waals surface area contributed by atoms with Gasteiger partial charge >= 0.3 is 0 Å². The van der Waals surface area contributed by atoms with Crippen molar-refractivity contribution >= 4 is 23.1 Å². The monoisotopic (exact) mass is 370 g/mol. The van der Waals surface area contributed by atoms with E-state index < -0.39 is 17.5 Å². The summed E-state index contributed by atoms with van der Waals surface area (Å²) < 4.78 is 31.5. The molecule has 27 heavy (non-hydrogen) atoms. The summed E-state index contributed by atoms with van der Waals surface area (Å²) in [6.07, 6.45) is 2.68. The molecule has 1 heterocycles. The van der Waals surface area contributed by atoms with Gasteiger partial charge in [0.25, 0.3) is 5.91 Å². The van der Waals surface area contributed by atoms with Crippen LogP contribution in [0.15, 0.2) is 54.9 Å². The van der Waals surface area contributed by atoms with Crippen LogP contribution in [0.2, 0.25) is 0 Å². The fraction of sp³-hybridized carbons (Fsp3) is 0.105. The highest BCUT2D eigenvalue weighted by Gasteiger charge is 2.10. The Bertz CT molecular complexity index is 931. The Morgan fingerprint density at radius 1 is 1.00 bits per heavy atom. The summed E-state index contributed by atoms with van der Waals surface area (Å²) in [4.78, 5) is 20.3. The van der Waals surface area contributed by atoms with Crippen LogP contribution in [-0.2, 0) is 0 Å². The molecule has 0 fully saturated rings. The number of nitrogens with zero attached hydrogens (tertiary/aromatic N) is 2. The molecule has 0 aliphatic heterocycles. The van der Waals surface area contributed by atoms with Gasteiger partial charge in [0, 0.05) is 17.4 Å². The number of ether oxygens (including phenoxy) is 1. The third kappa shape index (κ3) is 4.75. The second-order valence-electron chi connectivity index (χ2n) is 5.45. The van der Waals surface area contributed by atoms with Gasteiger partial charge in [-0.3, -0.25) is 4.79 Å². The number of carbonyl (C=O) groups is 1. The van der Waals surface area contributed by atoms with Gasteiger partial charge in [0.2, 0.25) is 0 Å². The summed E-state index contributed by atoms with van der Waals surface area (Å²) >= 11 is 0. The molecule has 0 radical (unpaired) electrons. The number of nitrogens with one attached hydrogen (secondary N) is 2. The lowest BCUT2D eigenvalue weighted by molar-refractivity contribution is 0.102. The van der Waals surface area contributed by atoms with E-state index in [1.807, 2.05) is 31.2 Å². The van der Waals surface area contributed by atoms with E-state index in [1.165, 1.54) is 18.5 Å². The first-order chi connectivity index (χ1) is 13.0. The van der Waals surface area contributed by atoms with Crippen LogP contribution in [0.25, 0.3) is 0 Å². The highest BCUT2D eigenvalue weighted by atomic mass is 19.2. The van der Waals surface area contributed by atoms with E-state index >= 15 is 0 Å². The van der Waals surface area contributed by atoms with E-state index in [2.05, 4.69) is 20.6 Å². The number of halogens is 2. The molecule has 1 aromatic heterocycles. The van der Waals surface area contributed by atoms with Crippen molar-refractivity contribution in [2.75, 3.05) is 17.2 Å². The minimum absolute atomic E-state index is 0.0389. The van der Waals surface area contributed by atoms with Crippen molar-refractivity contribution in [3.63, 3.8) is 0 Å². The Hall–Kier alpha value is -3.55. The van der Waals surface area contributed by atoms with Gasteiger partial charge < -0.3 is 15.4 Å². The van der Waals surface area contributed by atoms with Crippen LogP contribution < -0.4 is 15.4 Å². The zero-order valence-electron chi connectivity index (χ0n) is 14.4. The molecule has 0 spiro atoms. The molecule has 8 heteroatoms. The predicted octanol–water partition coefficient (Wildman–Crippen LogP) is 4.15. The summed E-state index contributed by atoms with van der Waals surface area (Å²) in [5.74, 6) is -1.41. The molecular weight excluding hydrogens is 354 g/mol. The minimum atomic E-state index is -1.05. The number of benzene rings is 2. The number of amides is 1. The van der Waals surface area contributed by atoms with E-state index in [0.717, 1.165) is 23.6 Å². The average molecular weight is 370 g/mol. The summed E-state index contributed by atoms with van der Waals surface area (Å²) in [6.45, 7) is 2.50. The highest BCUT2D eigenvalue weighted by molar-refractivity contribution is 6.02. The fourth-order valence-corrected chi connectivity index (χ4v) is 2.23. The Balaban J connectivity index is 1.63. The highest BCUT2D eigenvalue weighted by Crippen LogP contribution is 2.19. The lowest BCUT2D eigenvalue weighted by Crippen LogP contribution is -2.14. The Morgan fingerprint density at radius 3 is 2.37 bits per heavy atom. The zero-order valence-corrected chi connectivity index (χ0v) is 14.4. The molecule has 0 saturated carbocycles. The molecule has 6 nitrogen and oxygen atoms in total. The van der Waals surface area contributed by atoms with Crippen molar-refractivity contribution < 1.29 is 18.3 Å². The van der Waals surface area contributed by atoms with Crippen LogP contribution >= 0.6 is 0 Å². The topological polar surface area (TPSA) is 76.1 Å². The summed E-state index contributed by atoms with van der Waals surface area (Å²) in [7, 11) is 0. The van der Waals surface area contributed by atoms with Gasteiger partial charge in [-0.15, -0.1) is 0 Å². The lowest BCUT2D eigenvalue weighted by atomic mass is 10.3. The number of carbonyl (C=O) groups excluding carboxylic acids is 1. The van der Waals surface area contributed by atoms with Gasteiger partial charge in [-0.05, 0) is 43.3 Å². The zero-order chi connectivity index (χ0) is 19.2. The molecule has 0 aliphatic rings. The first-order valence-corrected chi connectivity index (χ1v) is 8.13.